The molecule has 0 bridgehead atoms. The molecule has 1 N–H and O–H groups in total. The van der Waals surface area contributed by atoms with Crippen LogP contribution in [0.2, 0.25) is 0 Å². The Labute approximate surface area is 182 Å². The predicted octanol–water partition coefficient (Wildman–Crippen LogP) is 2.94. The minimum atomic E-state index is -0.750. The normalized spacial score (nSPS) is 15.1. The van der Waals surface area contributed by atoms with Crippen molar-refractivity contribution in [3.8, 4) is 0 Å². The van der Waals surface area contributed by atoms with E-state index < -0.39 is 12.1 Å². The van der Waals surface area contributed by atoms with E-state index in [4.69, 9.17) is 9.47 Å². The number of esters is 1. The van der Waals surface area contributed by atoms with Gasteiger partial charge in [-0.25, -0.2) is 4.79 Å². The van der Waals surface area contributed by atoms with E-state index in [2.05, 4.69) is 5.32 Å². The standard InChI is InChI=1S/C24H28N2O5/c1-30-23(28)20-12-14-26(15-13-20)22(27)21(16-18-8-4-2-5-9-18)25-24(29)31-17-19-10-6-3-7-11-19/h2-11,20-21H,12-17H2,1H3,(H,25,29). The minimum absolute atomic E-state index is 0.128. The molecule has 0 saturated carbocycles. The number of amides is 2. The summed E-state index contributed by atoms with van der Waals surface area (Å²) in [6.45, 7) is 1.03. The lowest BCUT2D eigenvalue weighted by Gasteiger charge is -2.33. The molecule has 1 aliphatic heterocycles. The van der Waals surface area contributed by atoms with Gasteiger partial charge in [-0.3, -0.25) is 9.59 Å². The first-order valence-corrected chi connectivity index (χ1v) is 10.4. The third-order valence-corrected chi connectivity index (χ3v) is 5.43. The molecule has 2 aromatic carbocycles. The smallest absolute Gasteiger partial charge is 0.408 e. The zero-order valence-electron chi connectivity index (χ0n) is 17.7. The molecule has 1 saturated heterocycles. The third kappa shape index (κ3) is 6.57. The minimum Gasteiger partial charge on any atom is -0.469 e. The maximum Gasteiger partial charge on any atom is 0.408 e. The van der Waals surface area contributed by atoms with Gasteiger partial charge in [0.1, 0.15) is 12.6 Å². The summed E-state index contributed by atoms with van der Waals surface area (Å²) in [6, 6.07) is 18.1. The number of carbonyl (C=O) groups is 3. The van der Waals surface area contributed by atoms with Gasteiger partial charge in [0.25, 0.3) is 0 Å². The highest BCUT2D eigenvalue weighted by atomic mass is 16.5. The number of carbonyl (C=O) groups excluding carboxylic acids is 3. The predicted molar refractivity (Wildman–Crippen MR) is 115 cm³/mol. The Kier molecular flexibility index (Phi) is 8.04. The van der Waals surface area contributed by atoms with Crippen LogP contribution < -0.4 is 5.32 Å². The van der Waals surface area contributed by atoms with Crippen LogP contribution in [0.15, 0.2) is 60.7 Å². The molecule has 0 spiro atoms. The Morgan fingerprint density at radius 3 is 2.13 bits per heavy atom. The number of nitrogens with one attached hydrogen (secondary N) is 1. The molecule has 7 heteroatoms. The highest BCUT2D eigenvalue weighted by molar-refractivity contribution is 5.86. The summed E-state index contributed by atoms with van der Waals surface area (Å²) in [5, 5.41) is 2.73. The number of hydrogen-bond acceptors (Lipinski definition) is 5. The van der Waals surface area contributed by atoms with E-state index in [0.717, 1.165) is 11.1 Å². The van der Waals surface area contributed by atoms with Crippen LogP contribution in [-0.2, 0) is 32.1 Å². The molecule has 1 unspecified atom stereocenters. The quantitative estimate of drug-likeness (QED) is 0.691. The van der Waals surface area contributed by atoms with Crippen molar-refractivity contribution in [2.75, 3.05) is 20.2 Å². The van der Waals surface area contributed by atoms with Crippen LogP contribution in [0.1, 0.15) is 24.0 Å². The zero-order valence-corrected chi connectivity index (χ0v) is 17.7. The first kappa shape index (κ1) is 22.3. The summed E-state index contributed by atoms with van der Waals surface area (Å²) in [5.74, 6) is -0.607. The number of piperidine rings is 1. The highest BCUT2D eigenvalue weighted by Crippen LogP contribution is 2.20. The largest absolute Gasteiger partial charge is 0.469 e. The van der Waals surface area contributed by atoms with Crippen molar-refractivity contribution in [2.24, 2.45) is 5.92 Å². The van der Waals surface area contributed by atoms with Crippen LogP contribution in [0.3, 0.4) is 0 Å². The van der Waals surface area contributed by atoms with Crippen molar-refractivity contribution in [3.63, 3.8) is 0 Å². The van der Waals surface area contributed by atoms with Crippen LogP contribution in [0, 0.1) is 5.92 Å². The molecule has 0 aliphatic carbocycles. The van der Waals surface area contributed by atoms with Crippen LogP contribution >= 0.6 is 0 Å². The Bertz CT molecular complexity index is 864. The van der Waals surface area contributed by atoms with E-state index in [1.807, 2.05) is 60.7 Å². The molecular weight excluding hydrogens is 396 g/mol. The van der Waals surface area contributed by atoms with Gasteiger partial charge in [-0.2, -0.15) is 0 Å². The number of methoxy groups -OCH3 is 1. The number of likely N-dealkylation sites (tertiary alicyclic amines) is 1. The van der Waals surface area contributed by atoms with Crippen molar-refractivity contribution in [1.82, 2.24) is 10.2 Å². The molecule has 1 aliphatic rings. The molecule has 7 nitrogen and oxygen atoms in total. The molecule has 0 aromatic heterocycles. The summed E-state index contributed by atoms with van der Waals surface area (Å²) >= 11 is 0. The van der Waals surface area contributed by atoms with Gasteiger partial charge in [-0.1, -0.05) is 60.7 Å². The lowest BCUT2D eigenvalue weighted by molar-refractivity contribution is -0.149. The second-order valence-corrected chi connectivity index (χ2v) is 7.57. The lowest BCUT2D eigenvalue weighted by atomic mass is 9.96. The average Bonchev–Trinajstić information content (AvgIpc) is 2.83. The number of hydrogen-bond donors (Lipinski definition) is 1. The van der Waals surface area contributed by atoms with Crippen LogP contribution in [-0.4, -0.2) is 49.1 Å². The van der Waals surface area contributed by atoms with Crippen molar-refractivity contribution < 1.29 is 23.9 Å². The molecule has 1 heterocycles. The number of benzene rings is 2. The Hall–Kier alpha value is -3.35. The Morgan fingerprint density at radius 1 is 0.968 bits per heavy atom. The molecular formula is C24H28N2O5. The maximum atomic E-state index is 13.2. The van der Waals surface area contributed by atoms with E-state index in [1.54, 1.807) is 4.90 Å². The zero-order chi connectivity index (χ0) is 22.1. The average molecular weight is 424 g/mol. The summed E-state index contributed by atoms with van der Waals surface area (Å²) < 4.78 is 10.1. The van der Waals surface area contributed by atoms with Crippen molar-refractivity contribution in [3.05, 3.63) is 71.8 Å². The highest BCUT2D eigenvalue weighted by Gasteiger charge is 2.32. The van der Waals surface area contributed by atoms with E-state index in [-0.39, 0.29) is 24.4 Å². The molecule has 0 radical (unpaired) electrons. The van der Waals surface area contributed by atoms with Gasteiger partial charge in [0.15, 0.2) is 0 Å². The Balaban J connectivity index is 1.62. The van der Waals surface area contributed by atoms with Crippen molar-refractivity contribution >= 4 is 18.0 Å². The summed E-state index contributed by atoms with van der Waals surface area (Å²) in [4.78, 5) is 39.1. The van der Waals surface area contributed by atoms with E-state index in [0.29, 0.717) is 32.4 Å². The van der Waals surface area contributed by atoms with Crippen LogP contribution in [0.25, 0.3) is 0 Å². The van der Waals surface area contributed by atoms with Gasteiger partial charge in [0.2, 0.25) is 5.91 Å². The van der Waals surface area contributed by atoms with Crippen molar-refractivity contribution in [2.45, 2.75) is 31.9 Å². The van der Waals surface area contributed by atoms with E-state index >= 15 is 0 Å². The molecule has 31 heavy (non-hydrogen) atoms. The third-order valence-electron chi connectivity index (χ3n) is 5.43. The van der Waals surface area contributed by atoms with Gasteiger partial charge < -0.3 is 19.7 Å². The number of rotatable bonds is 7. The van der Waals surface area contributed by atoms with Gasteiger partial charge in [0, 0.05) is 19.5 Å². The Morgan fingerprint density at radius 2 is 1.55 bits per heavy atom. The molecule has 1 fully saturated rings. The summed E-state index contributed by atoms with van der Waals surface area (Å²) in [6.07, 6.45) is 0.823. The number of ether oxygens (including phenoxy) is 2. The maximum absolute atomic E-state index is 13.2. The van der Waals surface area contributed by atoms with Crippen LogP contribution in [0.4, 0.5) is 4.79 Å². The monoisotopic (exact) mass is 424 g/mol. The SMILES string of the molecule is COC(=O)C1CCN(C(=O)C(Cc2ccccc2)NC(=O)OCc2ccccc2)CC1. The van der Waals surface area contributed by atoms with Gasteiger partial charge in [-0.05, 0) is 24.0 Å². The fourth-order valence-corrected chi connectivity index (χ4v) is 3.68. The van der Waals surface area contributed by atoms with Gasteiger partial charge in [-0.15, -0.1) is 0 Å². The van der Waals surface area contributed by atoms with E-state index in [1.165, 1.54) is 7.11 Å². The first-order valence-electron chi connectivity index (χ1n) is 10.4. The second-order valence-electron chi connectivity index (χ2n) is 7.57. The first-order chi connectivity index (χ1) is 15.1. The topological polar surface area (TPSA) is 84.9 Å². The fourth-order valence-electron chi connectivity index (χ4n) is 3.68. The molecule has 2 amide bonds. The number of alkyl carbamates (subject to hydrolysis) is 1. The summed E-state index contributed by atoms with van der Waals surface area (Å²) in [7, 11) is 1.38. The molecule has 164 valence electrons. The fraction of sp³-hybridized carbons (Fsp3) is 0.375. The van der Waals surface area contributed by atoms with Gasteiger partial charge in [0.05, 0.1) is 13.0 Å². The van der Waals surface area contributed by atoms with Crippen LogP contribution in [0.5, 0.6) is 0 Å². The molecule has 3 rings (SSSR count). The second kappa shape index (κ2) is 11.2. The summed E-state index contributed by atoms with van der Waals surface area (Å²) in [5.41, 5.74) is 1.81. The molecule has 2 aromatic rings. The van der Waals surface area contributed by atoms with E-state index in [9.17, 15) is 14.4 Å². The number of nitrogens with zero attached hydrogens (tertiary/aromatic N) is 1. The van der Waals surface area contributed by atoms with Gasteiger partial charge >= 0.3 is 12.1 Å². The molecule has 1 atom stereocenters. The lowest BCUT2D eigenvalue weighted by Crippen LogP contribution is -2.52. The van der Waals surface area contributed by atoms with Crippen molar-refractivity contribution in [1.29, 1.82) is 0 Å².